The first-order valence-electron chi connectivity index (χ1n) is 8.48. The van der Waals surface area contributed by atoms with E-state index in [2.05, 4.69) is 22.0 Å². The van der Waals surface area contributed by atoms with E-state index in [1.54, 1.807) is 4.52 Å². The summed E-state index contributed by atoms with van der Waals surface area (Å²) >= 11 is 1.37. The van der Waals surface area contributed by atoms with Gasteiger partial charge in [0.25, 0.3) is 5.78 Å². The zero-order valence-corrected chi connectivity index (χ0v) is 15.8. The Morgan fingerprint density at radius 2 is 1.92 bits per heavy atom. The monoisotopic (exact) mass is 354 g/mol. The highest BCUT2D eigenvalue weighted by molar-refractivity contribution is 8.00. The molecule has 5 nitrogen and oxygen atoms in total. The molecule has 0 spiro atoms. The number of aromatic nitrogens is 4. The second-order valence-corrected chi connectivity index (χ2v) is 7.52. The summed E-state index contributed by atoms with van der Waals surface area (Å²) in [6.07, 6.45) is 2.14. The van der Waals surface area contributed by atoms with Crippen molar-refractivity contribution in [2.24, 2.45) is 0 Å². The zero-order chi connectivity index (χ0) is 18.0. The quantitative estimate of drug-likeness (QED) is 0.493. The Bertz CT molecular complexity index is 902. The second-order valence-electron chi connectivity index (χ2n) is 6.22. The first-order valence-corrected chi connectivity index (χ1v) is 9.36. The van der Waals surface area contributed by atoms with Gasteiger partial charge in [0.2, 0.25) is 5.16 Å². The first-order chi connectivity index (χ1) is 12.0. The van der Waals surface area contributed by atoms with E-state index in [-0.39, 0.29) is 11.0 Å². The van der Waals surface area contributed by atoms with Gasteiger partial charge in [-0.2, -0.15) is 4.98 Å². The summed E-state index contributed by atoms with van der Waals surface area (Å²) < 4.78 is 1.71. The average Bonchev–Trinajstić information content (AvgIpc) is 2.98. The van der Waals surface area contributed by atoms with Crippen molar-refractivity contribution in [3.8, 4) is 0 Å². The predicted molar refractivity (Wildman–Crippen MR) is 100 cm³/mol. The van der Waals surface area contributed by atoms with Gasteiger partial charge in [-0.1, -0.05) is 49.4 Å². The van der Waals surface area contributed by atoms with E-state index in [4.69, 9.17) is 0 Å². The number of Topliss-reactive ketones (excluding diaryl/α,β-unsaturated/α-hetero) is 1. The van der Waals surface area contributed by atoms with Crippen LogP contribution in [0.5, 0.6) is 0 Å². The van der Waals surface area contributed by atoms with Crippen LogP contribution < -0.4 is 0 Å². The standard InChI is InChI=1S/C19H22N4OS/c1-5-6-15-7-9-16(10-8-15)17(24)14(4)25-19-21-18-20-12(2)11-13(3)23(18)22-19/h7-11,14H,5-6H2,1-4H3. The first kappa shape index (κ1) is 17.6. The molecule has 0 aliphatic heterocycles. The number of nitrogens with zero attached hydrogens (tertiary/aromatic N) is 4. The molecule has 0 saturated heterocycles. The van der Waals surface area contributed by atoms with Gasteiger partial charge in [-0.25, -0.2) is 9.50 Å². The summed E-state index contributed by atoms with van der Waals surface area (Å²) in [5.41, 5.74) is 3.88. The van der Waals surface area contributed by atoms with Crippen LogP contribution in [0.3, 0.4) is 0 Å². The SMILES string of the molecule is CCCc1ccc(C(=O)C(C)Sc2nc3nc(C)cc(C)n3n2)cc1. The van der Waals surface area contributed by atoms with Crippen LogP contribution in [0.25, 0.3) is 5.78 Å². The number of hydrogen-bond acceptors (Lipinski definition) is 5. The van der Waals surface area contributed by atoms with Crippen molar-refractivity contribution >= 4 is 23.3 Å². The molecule has 0 amide bonds. The number of aryl methyl sites for hydroxylation is 3. The van der Waals surface area contributed by atoms with Crippen molar-refractivity contribution in [2.45, 2.75) is 50.9 Å². The number of carbonyl (C=O) groups is 1. The van der Waals surface area contributed by atoms with Crippen LogP contribution in [0.4, 0.5) is 0 Å². The van der Waals surface area contributed by atoms with E-state index < -0.39 is 0 Å². The van der Waals surface area contributed by atoms with Gasteiger partial charge in [-0.3, -0.25) is 4.79 Å². The van der Waals surface area contributed by atoms with Gasteiger partial charge in [-0.05, 0) is 38.8 Å². The lowest BCUT2D eigenvalue weighted by molar-refractivity contribution is 0.0994. The third kappa shape index (κ3) is 3.90. The third-order valence-electron chi connectivity index (χ3n) is 4.03. The van der Waals surface area contributed by atoms with Crippen molar-refractivity contribution in [1.82, 2.24) is 19.6 Å². The molecule has 0 fully saturated rings. The van der Waals surface area contributed by atoms with Crippen molar-refractivity contribution in [1.29, 1.82) is 0 Å². The molecule has 3 aromatic rings. The fraction of sp³-hybridized carbons (Fsp3) is 0.368. The molecule has 0 radical (unpaired) electrons. The van der Waals surface area contributed by atoms with Gasteiger partial charge >= 0.3 is 0 Å². The summed E-state index contributed by atoms with van der Waals surface area (Å²) in [5.74, 6) is 0.663. The van der Waals surface area contributed by atoms with Crippen LogP contribution in [0, 0.1) is 13.8 Å². The summed E-state index contributed by atoms with van der Waals surface area (Å²) in [7, 11) is 0. The molecule has 1 aromatic carbocycles. The molecule has 6 heteroatoms. The van der Waals surface area contributed by atoms with E-state index in [9.17, 15) is 4.79 Å². The zero-order valence-electron chi connectivity index (χ0n) is 15.0. The average molecular weight is 354 g/mol. The molecular formula is C19H22N4OS. The van der Waals surface area contributed by atoms with E-state index in [0.717, 1.165) is 29.8 Å². The van der Waals surface area contributed by atoms with Crippen molar-refractivity contribution < 1.29 is 4.79 Å². The van der Waals surface area contributed by atoms with Gasteiger partial charge in [0, 0.05) is 17.0 Å². The number of benzene rings is 1. The molecule has 0 saturated carbocycles. The normalized spacial score (nSPS) is 12.5. The molecular weight excluding hydrogens is 332 g/mol. The minimum atomic E-state index is -0.254. The maximum absolute atomic E-state index is 12.7. The fourth-order valence-corrected chi connectivity index (χ4v) is 3.59. The second kappa shape index (κ2) is 7.35. The van der Waals surface area contributed by atoms with Gasteiger partial charge in [-0.15, -0.1) is 5.10 Å². The van der Waals surface area contributed by atoms with Crippen LogP contribution in [0.1, 0.15) is 47.6 Å². The highest BCUT2D eigenvalue weighted by Gasteiger charge is 2.19. The molecule has 0 aliphatic rings. The number of fused-ring (bicyclic) bond motifs is 1. The molecule has 0 N–H and O–H groups in total. The Morgan fingerprint density at radius 3 is 2.60 bits per heavy atom. The van der Waals surface area contributed by atoms with E-state index in [1.807, 2.05) is 51.1 Å². The topological polar surface area (TPSA) is 60.2 Å². The molecule has 25 heavy (non-hydrogen) atoms. The minimum Gasteiger partial charge on any atom is -0.293 e. The van der Waals surface area contributed by atoms with Crippen LogP contribution in [0.2, 0.25) is 0 Å². The summed E-state index contributed by atoms with van der Waals surface area (Å²) in [4.78, 5) is 21.5. The maximum Gasteiger partial charge on any atom is 0.253 e. The lowest BCUT2D eigenvalue weighted by Crippen LogP contribution is -2.13. The highest BCUT2D eigenvalue weighted by atomic mass is 32.2. The van der Waals surface area contributed by atoms with Gasteiger partial charge in [0.05, 0.1) is 5.25 Å². The molecule has 0 aliphatic carbocycles. The minimum absolute atomic E-state index is 0.0905. The molecule has 2 aromatic heterocycles. The fourth-order valence-electron chi connectivity index (χ4n) is 2.77. The van der Waals surface area contributed by atoms with Gasteiger partial charge in [0.15, 0.2) is 5.78 Å². The van der Waals surface area contributed by atoms with Crippen molar-refractivity contribution in [3.05, 3.63) is 52.8 Å². The molecule has 1 unspecified atom stereocenters. The predicted octanol–water partition coefficient (Wildman–Crippen LogP) is 4.06. The third-order valence-corrected chi connectivity index (χ3v) is 4.98. The van der Waals surface area contributed by atoms with Crippen LogP contribution in [-0.4, -0.2) is 30.6 Å². The van der Waals surface area contributed by atoms with Crippen molar-refractivity contribution in [2.75, 3.05) is 0 Å². The molecule has 3 rings (SSSR count). The number of hydrogen-bond donors (Lipinski definition) is 0. The summed E-state index contributed by atoms with van der Waals surface area (Å²) in [6.45, 7) is 7.95. The Kier molecular flexibility index (Phi) is 5.18. The molecule has 2 heterocycles. The largest absolute Gasteiger partial charge is 0.293 e. The number of rotatable bonds is 6. The Labute approximate surface area is 151 Å². The van der Waals surface area contributed by atoms with Gasteiger partial charge < -0.3 is 0 Å². The molecule has 0 bridgehead atoms. The Hall–Kier alpha value is -2.21. The van der Waals surface area contributed by atoms with Crippen LogP contribution in [0.15, 0.2) is 35.5 Å². The lowest BCUT2D eigenvalue weighted by Gasteiger charge is -2.08. The molecule has 1 atom stereocenters. The van der Waals surface area contributed by atoms with E-state index in [0.29, 0.717) is 10.9 Å². The van der Waals surface area contributed by atoms with Gasteiger partial charge in [0.1, 0.15) is 0 Å². The van der Waals surface area contributed by atoms with E-state index >= 15 is 0 Å². The van der Waals surface area contributed by atoms with Crippen LogP contribution >= 0.6 is 11.8 Å². The van der Waals surface area contributed by atoms with Crippen molar-refractivity contribution in [3.63, 3.8) is 0 Å². The summed E-state index contributed by atoms with van der Waals surface area (Å²) in [5, 5.41) is 4.78. The van der Waals surface area contributed by atoms with E-state index in [1.165, 1.54) is 17.3 Å². The Morgan fingerprint density at radius 1 is 1.20 bits per heavy atom. The lowest BCUT2D eigenvalue weighted by atomic mass is 10.0. The Balaban J connectivity index is 1.76. The molecule has 130 valence electrons. The summed E-state index contributed by atoms with van der Waals surface area (Å²) in [6, 6.07) is 9.86. The number of ketones is 1. The highest BCUT2D eigenvalue weighted by Crippen LogP contribution is 2.24. The number of carbonyl (C=O) groups excluding carboxylic acids is 1. The number of thioether (sulfide) groups is 1. The van der Waals surface area contributed by atoms with Crippen LogP contribution in [-0.2, 0) is 6.42 Å². The maximum atomic E-state index is 12.7. The smallest absolute Gasteiger partial charge is 0.253 e.